The van der Waals surface area contributed by atoms with Crippen molar-refractivity contribution in [1.29, 1.82) is 0 Å². The highest BCUT2D eigenvalue weighted by molar-refractivity contribution is 6.30. The van der Waals surface area contributed by atoms with Crippen LogP contribution in [0, 0.1) is 0 Å². The number of ether oxygens (including phenoxy) is 2. The van der Waals surface area contributed by atoms with Gasteiger partial charge >= 0.3 is 0 Å². The van der Waals surface area contributed by atoms with E-state index in [1.165, 1.54) is 12.1 Å². The van der Waals surface area contributed by atoms with Crippen LogP contribution in [0.1, 0.15) is 20.7 Å². The standard InChI is InChI=1S/C22H15ClN2O5/c23-13-4-6-15(7-5-13)29-12-20(26)24-14-2-1-3-16(10-14)30-17-8-9-18-19(11-17)22(28)25-21(18)27/h1-11H,12H2,(H,24,26)(H,25,27,28). The summed E-state index contributed by atoms with van der Waals surface area (Å²) in [4.78, 5) is 35.5. The molecule has 0 aliphatic carbocycles. The molecule has 3 amide bonds. The van der Waals surface area contributed by atoms with Gasteiger partial charge in [0.05, 0.1) is 11.1 Å². The Kier molecular flexibility index (Phi) is 5.36. The summed E-state index contributed by atoms with van der Waals surface area (Å²) in [5.41, 5.74) is 1.10. The first-order valence-electron chi connectivity index (χ1n) is 8.94. The highest BCUT2D eigenvalue weighted by atomic mass is 35.5. The van der Waals surface area contributed by atoms with Gasteiger partial charge in [0.1, 0.15) is 17.2 Å². The molecular formula is C22H15ClN2O5. The predicted molar refractivity (Wildman–Crippen MR) is 110 cm³/mol. The van der Waals surface area contributed by atoms with Crippen LogP contribution >= 0.6 is 11.6 Å². The monoisotopic (exact) mass is 422 g/mol. The molecule has 7 nitrogen and oxygen atoms in total. The van der Waals surface area contributed by atoms with E-state index in [9.17, 15) is 14.4 Å². The Morgan fingerprint density at radius 3 is 2.37 bits per heavy atom. The number of hydrogen-bond donors (Lipinski definition) is 2. The maximum Gasteiger partial charge on any atom is 0.262 e. The number of nitrogens with one attached hydrogen (secondary N) is 2. The smallest absolute Gasteiger partial charge is 0.262 e. The van der Waals surface area contributed by atoms with Gasteiger partial charge in [-0.1, -0.05) is 17.7 Å². The molecule has 1 aliphatic heterocycles. The zero-order valence-corrected chi connectivity index (χ0v) is 16.2. The van der Waals surface area contributed by atoms with Crippen LogP contribution in [0.5, 0.6) is 17.2 Å². The van der Waals surface area contributed by atoms with Gasteiger partial charge < -0.3 is 14.8 Å². The molecule has 0 aromatic heterocycles. The van der Waals surface area contributed by atoms with Crippen molar-refractivity contribution in [3.05, 3.63) is 82.9 Å². The lowest BCUT2D eigenvalue weighted by Crippen LogP contribution is -2.20. The van der Waals surface area contributed by atoms with Crippen molar-refractivity contribution in [1.82, 2.24) is 5.32 Å². The maximum absolute atomic E-state index is 12.1. The topological polar surface area (TPSA) is 93.7 Å². The average Bonchev–Trinajstić information content (AvgIpc) is 3.01. The van der Waals surface area contributed by atoms with E-state index in [1.807, 2.05) is 0 Å². The Morgan fingerprint density at radius 1 is 0.867 bits per heavy atom. The lowest BCUT2D eigenvalue weighted by atomic mass is 10.1. The van der Waals surface area contributed by atoms with Crippen molar-refractivity contribution in [3.63, 3.8) is 0 Å². The molecule has 1 aliphatic rings. The van der Waals surface area contributed by atoms with E-state index >= 15 is 0 Å². The number of carbonyl (C=O) groups excluding carboxylic acids is 3. The zero-order chi connectivity index (χ0) is 21.1. The molecule has 0 radical (unpaired) electrons. The minimum atomic E-state index is -0.456. The molecule has 3 aromatic rings. The fourth-order valence-corrected chi connectivity index (χ4v) is 2.99. The molecule has 30 heavy (non-hydrogen) atoms. The summed E-state index contributed by atoms with van der Waals surface area (Å²) in [7, 11) is 0. The summed E-state index contributed by atoms with van der Waals surface area (Å²) in [5, 5.41) is 5.54. The number of fused-ring (bicyclic) bond motifs is 1. The second-order valence-electron chi connectivity index (χ2n) is 6.41. The number of hydrogen-bond acceptors (Lipinski definition) is 5. The SMILES string of the molecule is O=C(COc1ccc(Cl)cc1)Nc1cccc(Oc2ccc3c(c2)C(=O)NC3=O)c1. The van der Waals surface area contributed by atoms with Crippen LogP contribution in [0.4, 0.5) is 5.69 Å². The van der Waals surface area contributed by atoms with Gasteiger partial charge in [-0.2, -0.15) is 0 Å². The summed E-state index contributed by atoms with van der Waals surface area (Å²) >= 11 is 5.81. The fraction of sp³-hybridized carbons (Fsp3) is 0.0455. The molecule has 1 heterocycles. The minimum Gasteiger partial charge on any atom is -0.484 e. The molecule has 0 fully saturated rings. The van der Waals surface area contributed by atoms with Gasteiger partial charge in [-0.05, 0) is 54.6 Å². The number of amides is 3. The van der Waals surface area contributed by atoms with Crippen LogP contribution in [-0.4, -0.2) is 24.3 Å². The Balaban J connectivity index is 1.39. The lowest BCUT2D eigenvalue weighted by Gasteiger charge is -2.10. The van der Waals surface area contributed by atoms with Gasteiger partial charge in [0.2, 0.25) is 0 Å². The van der Waals surface area contributed by atoms with Crippen molar-refractivity contribution in [2.75, 3.05) is 11.9 Å². The highest BCUT2D eigenvalue weighted by Crippen LogP contribution is 2.27. The Hall–Kier alpha value is -3.84. The van der Waals surface area contributed by atoms with Crippen molar-refractivity contribution < 1.29 is 23.9 Å². The van der Waals surface area contributed by atoms with Crippen molar-refractivity contribution in [2.24, 2.45) is 0 Å². The van der Waals surface area contributed by atoms with Crippen molar-refractivity contribution in [3.8, 4) is 17.2 Å². The number of anilines is 1. The molecule has 0 unspecified atom stereocenters. The van der Waals surface area contributed by atoms with Crippen LogP contribution in [0.2, 0.25) is 5.02 Å². The van der Waals surface area contributed by atoms with Crippen LogP contribution in [0.3, 0.4) is 0 Å². The van der Waals surface area contributed by atoms with E-state index in [-0.39, 0.29) is 18.1 Å². The largest absolute Gasteiger partial charge is 0.484 e. The summed E-state index contributed by atoms with van der Waals surface area (Å²) in [6.45, 7) is -0.166. The molecule has 2 N–H and O–H groups in total. The Labute approximate surface area is 176 Å². The predicted octanol–water partition coefficient (Wildman–Crippen LogP) is 4.03. The first-order chi connectivity index (χ1) is 14.5. The second kappa shape index (κ2) is 8.26. The quantitative estimate of drug-likeness (QED) is 0.585. The summed E-state index contributed by atoms with van der Waals surface area (Å²) in [6.07, 6.45) is 0. The van der Waals surface area contributed by atoms with Gasteiger partial charge in [-0.3, -0.25) is 19.7 Å². The van der Waals surface area contributed by atoms with Crippen LogP contribution < -0.4 is 20.1 Å². The molecule has 0 saturated carbocycles. The Morgan fingerprint density at radius 2 is 1.57 bits per heavy atom. The van der Waals surface area contributed by atoms with Crippen LogP contribution in [0.15, 0.2) is 66.7 Å². The fourth-order valence-electron chi connectivity index (χ4n) is 2.86. The third-order valence-electron chi connectivity index (χ3n) is 4.24. The summed E-state index contributed by atoms with van der Waals surface area (Å²) < 4.78 is 11.2. The van der Waals surface area contributed by atoms with Crippen LogP contribution in [0.25, 0.3) is 0 Å². The lowest BCUT2D eigenvalue weighted by molar-refractivity contribution is -0.118. The van der Waals surface area contributed by atoms with Gasteiger partial charge in [0.25, 0.3) is 17.7 Å². The normalized spacial score (nSPS) is 12.2. The molecule has 3 aromatic carbocycles. The van der Waals surface area contributed by atoms with E-state index in [0.717, 1.165) is 0 Å². The highest BCUT2D eigenvalue weighted by Gasteiger charge is 2.26. The number of benzene rings is 3. The number of carbonyl (C=O) groups is 3. The molecule has 150 valence electrons. The van der Waals surface area contributed by atoms with E-state index in [4.69, 9.17) is 21.1 Å². The first kappa shape index (κ1) is 19.5. The third-order valence-corrected chi connectivity index (χ3v) is 4.50. The second-order valence-corrected chi connectivity index (χ2v) is 6.85. The average molecular weight is 423 g/mol. The van der Waals surface area contributed by atoms with Gasteiger partial charge in [-0.15, -0.1) is 0 Å². The molecular weight excluding hydrogens is 408 g/mol. The summed E-state index contributed by atoms with van der Waals surface area (Å²) in [5.74, 6) is 0.166. The third kappa shape index (κ3) is 4.42. The van der Waals surface area contributed by atoms with E-state index < -0.39 is 11.8 Å². The molecule has 0 saturated heterocycles. The zero-order valence-electron chi connectivity index (χ0n) is 15.5. The molecule has 8 heteroatoms. The molecule has 0 bridgehead atoms. The Bertz CT molecular complexity index is 1140. The van der Waals surface area contributed by atoms with E-state index in [2.05, 4.69) is 10.6 Å². The molecule has 4 rings (SSSR count). The van der Waals surface area contributed by atoms with Gasteiger partial charge in [0.15, 0.2) is 6.61 Å². The van der Waals surface area contributed by atoms with Gasteiger partial charge in [0, 0.05) is 16.8 Å². The van der Waals surface area contributed by atoms with Crippen molar-refractivity contribution in [2.45, 2.75) is 0 Å². The number of rotatable bonds is 6. The number of imide groups is 1. The maximum atomic E-state index is 12.1. The number of halogens is 1. The van der Waals surface area contributed by atoms with E-state index in [1.54, 1.807) is 54.6 Å². The minimum absolute atomic E-state index is 0.166. The van der Waals surface area contributed by atoms with Crippen molar-refractivity contribution >= 4 is 35.0 Å². The molecule has 0 atom stereocenters. The first-order valence-corrected chi connectivity index (χ1v) is 9.31. The van der Waals surface area contributed by atoms with Crippen LogP contribution in [-0.2, 0) is 4.79 Å². The molecule has 0 spiro atoms. The van der Waals surface area contributed by atoms with Gasteiger partial charge in [-0.25, -0.2) is 0 Å². The summed E-state index contributed by atoms with van der Waals surface area (Å²) in [6, 6.07) is 18.1. The van der Waals surface area contributed by atoms with E-state index in [0.29, 0.717) is 33.5 Å².